The number of anilines is 3. The fourth-order valence-electron chi connectivity index (χ4n) is 1.14. The molecule has 0 amide bonds. The molecule has 2 rings (SSSR count). The molecule has 0 aliphatic carbocycles. The molecule has 0 aliphatic heterocycles. The summed E-state index contributed by atoms with van der Waals surface area (Å²) in [5, 5.41) is 6.58. The Morgan fingerprint density at radius 3 is 2.81 bits per heavy atom. The van der Waals surface area contributed by atoms with Crippen LogP contribution in [0.1, 0.15) is 5.76 Å². The van der Waals surface area contributed by atoms with Crippen LogP contribution in [-0.4, -0.2) is 15.1 Å². The molecule has 0 saturated heterocycles. The third-order valence-corrected chi connectivity index (χ3v) is 1.83. The zero-order valence-electron chi connectivity index (χ0n) is 8.34. The second kappa shape index (κ2) is 4.45. The van der Waals surface area contributed by atoms with E-state index in [4.69, 9.17) is 16.1 Å². The maximum Gasteiger partial charge on any atom is 0.223 e. The van der Waals surface area contributed by atoms with E-state index in [1.165, 1.54) is 0 Å². The average molecular weight is 221 g/mol. The summed E-state index contributed by atoms with van der Waals surface area (Å²) in [7, 11) is 0. The van der Waals surface area contributed by atoms with E-state index in [-0.39, 0.29) is 5.95 Å². The van der Waals surface area contributed by atoms with Gasteiger partial charge in [0.1, 0.15) is 11.6 Å². The number of hydrogen-bond donors (Lipinski definition) is 4. The maximum absolute atomic E-state index is 5.49. The monoisotopic (exact) mass is 221 g/mol. The molecule has 0 unspecified atom stereocenters. The number of hydrazine groups is 1. The first kappa shape index (κ1) is 10.2. The van der Waals surface area contributed by atoms with E-state index >= 15 is 0 Å². The molecule has 84 valence electrons. The molecule has 0 saturated carbocycles. The Hall–Kier alpha value is -2.35. The van der Waals surface area contributed by atoms with Crippen molar-refractivity contribution in [1.29, 1.82) is 0 Å². The normalized spacial score (nSPS) is 10.1. The van der Waals surface area contributed by atoms with Crippen LogP contribution >= 0.6 is 0 Å². The molecule has 2 aromatic heterocycles. The van der Waals surface area contributed by atoms with Gasteiger partial charge in [0.25, 0.3) is 0 Å². The Morgan fingerprint density at radius 2 is 2.12 bits per heavy atom. The fraction of sp³-hybridized carbons (Fsp3) is 0.125. The van der Waals surface area contributed by atoms with Gasteiger partial charge in [0, 0.05) is 12.1 Å². The quantitative estimate of drug-likeness (QED) is 0.417. The van der Waals surface area contributed by atoms with Crippen molar-refractivity contribution in [3.05, 3.63) is 24.1 Å². The molecular weight excluding hydrogens is 210 g/mol. The summed E-state index contributed by atoms with van der Waals surface area (Å²) < 4.78 is 4.91. The third-order valence-electron chi connectivity index (χ3n) is 1.83. The molecule has 6 N–H and O–H groups in total. The standard InChI is InChI=1S/C8H11N7O/c9-8-13-6(3-7(14-8)15-10)11-4-5-1-2-12-16-5/h1-3H,4,10H2,(H4,9,11,13,14,15). The number of nitrogens with two attached hydrogens (primary N) is 2. The van der Waals surface area contributed by atoms with Crippen LogP contribution in [0.2, 0.25) is 0 Å². The minimum absolute atomic E-state index is 0.135. The average Bonchev–Trinajstić information content (AvgIpc) is 2.78. The van der Waals surface area contributed by atoms with Crippen molar-refractivity contribution in [2.75, 3.05) is 16.5 Å². The number of rotatable bonds is 4. The number of nitrogens with zero attached hydrogens (tertiary/aromatic N) is 3. The molecule has 0 bridgehead atoms. The summed E-state index contributed by atoms with van der Waals surface area (Å²) in [6.45, 7) is 0.459. The Labute approximate surface area is 91.0 Å². The van der Waals surface area contributed by atoms with E-state index in [0.717, 1.165) is 0 Å². The van der Waals surface area contributed by atoms with Crippen LogP contribution in [0.4, 0.5) is 17.6 Å². The van der Waals surface area contributed by atoms with Crippen LogP contribution in [0.5, 0.6) is 0 Å². The van der Waals surface area contributed by atoms with Crippen molar-refractivity contribution in [2.24, 2.45) is 5.84 Å². The van der Waals surface area contributed by atoms with Crippen LogP contribution in [0.25, 0.3) is 0 Å². The van der Waals surface area contributed by atoms with Gasteiger partial charge in [-0.2, -0.15) is 9.97 Å². The van der Waals surface area contributed by atoms with Gasteiger partial charge < -0.3 is 21.0 Å². The molecule has 0 radical (unpaired) electrons. The van der Waals surface area contributed by atoms with Gasteiger partial charge in [-0.25, -0.2) is 5.84 Å². The van der Waals surface area contributed by atoms with Crippen LogP contribution < -0.4 is 22.3 Å². The summed E-state index contributed by atoms with van der Waals surface area (Å²) in [5.41, 5.74) is 7.88. The minimum atomic E-state index is 0.135. The van der Waals surface area contributed by atoms with Crippen molar-refractivity contribution in [2.45, 2.75) is 6.54 Å². The summed E-state index contributed by atoms with van der Waals surface area (Å²) in [6.07, 6.45) is 1.57. The predicted octanol–water partition coefficient (Wildman–Crippen LogP) is -0.0555. The van der Waals surface area contributed by atoms with Crippen molar-refractivity contribution in [1.82, 2.24) is 15.1 Å². The Bertz CT molecular complexity index is 455. The van der Waals surface area contributed by atoms with Crippen molar-refractivity contribution >= 4 is 17.6 Å². The Kier molecular flexibility index (Phi) is 2.83. The molecule has 0 fully saturated rings. The molecule has 16 heavy (non-hydrogen) atoms. The summed E-state index contributed by atoms with van der Waals surface area (Å²) >= 11 is 0. The smallest absolute Gasteiger partial charge is 0.223 e. The number of aromatic nitrogens is 3. The lowest BCUT2D eigenvalue weighted by atomic mass is 10.4. The third kappa shape index (κ3) is 2.36. The fourth-order valence-corrected chi connectivity index (χ4v) is 1.14. The van der Waals surface area contributed by atoms with Gasteiger partial charge in [-0.05, 0) is 0 Å². The van der Waals surface area contributed by atoms with E-state index in [2.05, 4.69) is 25.9 Å². The van der Waals surface area contributed by atoms with Gasteiger partial charge in [0.2, 0.25) is 5.95 Å². The Balaban J connectivity index is 2.06. The van der Waals surface area contributed by atoms with E-state index in [0.29, 0.717) is 23.9 Å². The van der Waals surface area contributed by atoms with Crippen LogP contribution in [0, 0.1) is 0 Å². The summed E-state index contributed by atoms with van der Waals surface area (Å²) in [6, 6.07) is 3.38. The molecule has 0 atom stereocenters. The van der Waals surface area contributed by atoms with Gasteiger partial charge in [-0.3, -0.25) is 0 Å². The first-order chi connectivity index (χ1) is 7.78. The SMILES string of the molecule is NNc1cc(NCc2ccno2)nc(N)n1. The second-order valence-electron chi connectivity index (χ2n) is 2.97. The van der Waals surface area contributed by atoms with Gasteiger partial charge in [-0.1, -0.05) is 5.16 Å². The highest BCUT2D eigenvalue weighted by Crippen LogP contribution is 2.12. The first-order valence-corrected chi connectivity index (χ1v) is 4.52. The largest absolute Gasteiger partial charge is 0.368 e. The van der Waals surface area contributed by atoms with Crippen molar-refractivity contribution in [3.8, 4) is 0 Å². The van der Waals surface area contributed by atoms with Gasteiger partial charge in [0.05, 0.1) is 12.7 Å². The zero-order chi connectivity index (χ0) is 11.4. The van der Waals surface area contributed by atoms with Gasteiger partial charge >= 0.3 is 0 Å². The molecule has 0 aliphatic rings. The van der Waals surface area contributed by atoms with E-state index in [1.807, 2.05) is 0 Å². The van der Waals surface area contributed by atoms with E-state index in [1.54, 1.807) is 18.3 Å². The van der Waals surface area contributed by atoms with Gasteiger partial charge in [0.15, 0.2) is 5.76 Å². The van der Waals surface area contributed by atoms with Gasteiger partial charge in [-0.15, -0.1) is 0 Å². The maximum atomic E-state index is 5.49. The lowest BCUT2D eigenvalue weighted by Gasteiger charge is -2.06. The molecule has 8 heteroatoms. The second-order valence-corrected chi connectivity index (χ2v) is 2.97. The highest BCUT2D eigenvalue weighted by molar-refractivity contribution is 5.50. The topological polar surface area (TPSA) is 128 Å². The molecule has 0 spiro atoms. The number of nitrogens with one attached hydrogen (secondary N) is 2. The highest BCUT2D eigenvalue weighted by atomic mass is 16.5. The van der Waals surface area contributed by atoms with Crippen LogP contribution in [0.15, 0.2) is 22.9 Å². The van der Waals surface area contributed by atoms with Crippen molar-refractivity contribution in [3.63, 3.8) is 0 Å². The lowest BCUT2D eigenvalue weighted by Crippen LogP contribution is -2.11. The molecular formula is C8H11N7O. The summed E-state index contributed by atoms with van der Waals surface area (Å²) in [5.74, 6) is 7.05. The van der Waals surface area contributed by atoms with Crippen LogP contribution in [-0.2, 0) is 6.54 Å². The Morgan fingerprint density at radius 1 is 1.31 bits per heavy atom. The molecule has 8 nitrogen and oxygen atoms in total. The zero-order valence-corrected chi connectivity index (χ0v) is 8.34. The lowest BCUT2D eigenvalue weighted by molar-refractivity contribution is 0.388. The van der Waals surface area contributed by atoms with E-state index in [9.17, 15) is 0 Å². The van der Waals surface area contributed by atoms with E-state index < -0.39 is 0 Å². The first-order valence-electron chi connectivity index (χ1n) is 4.52. The number of nitrogen functional groups attached to an aromatic ring is 2. The summed E-state index contributed by atoms with van der Waals surface area (Å²) in [4.78, 5) is 7.83. The molecule has 2 heterocycles. The highest BCUT2D eigenvalue weighted by Gasteiger charge is 2.02. The minimum Gasteiger partial charge on any atom is -0.368 e. The van der Waals surface area contributed by atoms with Crippen molar-refractivity contribution < 1.29 is 4.52 Å². The molecule has 2 aromatic rings. The van der Waals surface area contributed by atoms with Crippen LogP contribution in [0.3, 0.4) is 0 Å². The predicted molar refractivity (Wildman–Crippen MR) is 58.1 cm³/mol. The number of hydrogen-bond acceptors (Lipinski definition) is 8. The molecule has 0 aromatic carbocycles.